The zero-order chi connectivity index (χ0) is 9.03. The van der Waals surface area contributed by atoms with Crippen molar-refractivity contribution in [3.05, 3.63) is 0 Å². The molecule has 0 aromatic heterocycles. The van der Waals surface area contributed by atoms with E-state index in [1.54, 1.807) is 6.26 Å². The molecule has 1 aliphatic carbocycles. The normalized spacial score (nSPS) is 21.1. The molecule has 1 saturated carbocycles. The van der Waals surface area contributed by atoms with Gasteiger partial charge in [0, 0.05) is 0 Å². The highest BCUT2D eigenvalue weighted by Crippen LogP contribution is 2.26. The maximum absolute atomic E-state index is 11.2. The van der Waals surface area contributed by atoms with Crippen molar-refractivity contribution in [1.29, 1.82) is 0 Å². The van der Waals surface area contributed by atoms with Crippen LogP contribution in [0.5, 0.6) is 0 Å². The third-order valence-corrected chi connectivity index (χ3v) is 5.74. The minimum absolute atomic E-state index is 0.397. The van der Waals surface area contributed by atoms with Gasteiger partial charge in [-0.1, -0.05) is 19.3 Å². The fraction of sp³-hybridized carbons (Fsp3) is 1.00. The molecule has 0 radical (unpaired) electrons. The van der Waals surface area contributed by atoms with Crippen LogP contribution in [-0.4, -0.2) is 20.4 Å². The van der Waals surface area contributed by atoms with Crippen LogP contribution in [-0.2, 0) is 8.87 Å². The van der Waals surface area contributed by atoms with Crippen LogP contribution in [0.2, 0.25) is 0 Å². The molecule has 0 spiro atoms. The molecule has 2 nitrogen and oxygen atoms in total. The monoisotopic (exact) mass is 208 g/mol. The van der Waals surface area contributed by atoms with Gasteiger partial charge in [-0.2, -0.15) is 0 Å². The number of hydrogen-bond donors (Lipinski definition) is 0. The Bertz CT molecular complexity index is 215. The summed E-state index contributed by atoms with van der Waals surface area (Å²) in [6.07, 6.45) is 7.59. The number of rotatable bonds is 3. The second kappa shape index (κ2) is 4.51. The van der Waals surface area contributed by atoms with Crippen molar-refractivity contribution in [2.75, 3.05) is 12.0 Å². The molecule has 1 aliphatic rings. The topological polar surface area (TPSA) is 34.1 Å². The molecule has 1 fully saturated rings. The first kappa shape index (κ1) is 10.4. The molecule has 0 amide bonds. The highest BCUT2D eigenvalue weighted by Gasteiger charge is 2.20. The van der Waals surface area contributed by atoms with Crippen molar-refractivity contribution in [1.82, 2.24) is 0 Å². The van der Waals surface area contributed by atoms with Crippen molar-refractivity contribution < 1.29 is 8.42 Å². The Labute approximate surface area is 78.4 Å². The van der Waals surface area contributed by atoms with Gasteiger partial charge < -0.3 is 0 Å². The van der Waals surface area contributed by atoms with E-state index < -0.39 is 8.87 Å². The molecule has 0 N–H and O–H groups in total. The lowest BCUT2D eigenvalue weighted by Crippen LogP contribution is -2.16. The van der Waals surface area contributed by atoms with Gasteiger partial charge in [0.15, 0.2) is 0 Å². The summed E-state index contributed by atoms with van der Waals surface area (Å²) in [6.45, 7) is 0. The molecule has 0 aromatic rings. The first-order chi connectivity index (χ1) is 5.64. The van der Waals surface area contributed by atoms with Gasteiger partial charge in [0.25, 0.3) is 0 Å². The maximum atomic E-state index is 11.2. The summed E-state index contributed by atoms with van der Waals surface area (Å²) in [5.74, 6) is 0.838. The SMILES string of the molecule is CSS(=O)(=O)CC1CCCCC1. The Balaban J connectivity index is 2.39. The average molecular weight is 208 g/mol. The fourth-order valence-corrected chi connectivity index (χ4v) is 3.74. The lowest BCUT2D eigenvalue weighted by Gasteiger charge is -2.20. The zero-order valence-electron chi connectivity index (χ0n) is 7.45. The van der Waals surface area contributed by atoms with Crippen LogP contribution in [0.4, 0.5) is 0 Å². The zero-order valence-corrected chi connectivity index (χ0v) is 9.09. The molecule has 0 saturated heterocycles. The van der Waals surface area contributed by atoms with E-state index in [4.69, 9.17) is 0 Å². The van der Waals surface area contributed by atoms with Crippen molar-refractivity contribution in [2.24, 2.45) is 5.92 Å². The fourth-order valence-electron chi connectivity index (χ4n) is 1.71. The second-order valence-corrected chi connectivity index (χ2v) is 7.70. The summed E-state index contributed by atoms with van der Waals surface area (Å²) in [5.41, 5.74) is 0. The molecule has 0 aromatic carbocycles. The van der Waals surface area contributed by atoms with E-state index in [1.807, 2.05) is 0 Å². The maximum Gasteiger partial charge on any atom is 0.201 e. The van der Waals surface area contributed by atoms with Gasteiger partial charge in [0.05, 0.1) is 5.75 Å². The van der Waals surface area contributed by atoms with Crippen LogP contribution < -0.4 is 0 Å². The lowest BCUT2D eigenvalue weighted by atomic mass is 9.91. The smallest absolute Gasteiger partial charge is 0.201 e. The third-order valence-electron chi connectivity index (χ3n) is 2.42. The van der Waals surface area contributed by atoms with E-state index in [9.17, 15) is 8.42 Å². The molecule has 0 atom stereocenters. The van der Waals surface area contributed by atoms with E-state index in [0.29, 0.717) is 11.7 Å². The second-order valence-electron chi connectivity index (χ2n) is 3.40. The summed E-state index contributed by atoms with van der Waals surface area (Å²) in [6, 6.07) is 0. The molecule has 1 rings (SSSR count). The first-order valence-corrected chi connectivity index (χ1v) is 7.82. The minimum Gasteiger partial charge on any atom is -0.217 e. The Morgan fingerprint density at radius 3 is 2.33 bits per heavy atom. The molecule has 4 heteroatoms. The lowest BCUT2D eigenvalue weighted by molar-refractivity contribution is 0.386. The van der Waals surface area contributed by atoms with Crippen LogP contribution in [0.25, 0.3) is 0 Å². The Morgan fingerprint density at radius 1 is 1.25 bits per heavy atom. The van der Waals surface area contributed by atoms with Gasteiger partial charge in [0.1, 0.15) is 0 Å². The predicted molar refractivity (Wildman–Crippen MR) is 53.9 cm³/mol. The van der Waals surface area contributed by atoms with Gasteiger partial charge >= 0.3 is 0 Å². The van der Waals surface area contributed by atoms with Crippen LogP contribution in [0.15, 0.2) is 0 Å². The molecular formula is C8H16O2S2. The summed E-state index contributed by atoms with van der Waals surface area (Å²) in [7, 11) is -1.81. The molecule has 0 heterocycles. The highest BCUT2D eigenvalue weighted by molar-refractivity contribution is 8.71. The van der Waals surface area contributed by atoms with Crippen LogP contribution in [0, 0.1) is 5.92 Å². The molecular weight excluding hydrogens is 192 g/mol. The summed E-state index contributed by atoms with van der Waals surface area (Å²) >= 11 is 0. The molecule has 72 valence electrons. The standard InChI is InChI=1S/C8H16O2S2/c1-11-12(9,10)7-8-5-3-2-4-6-8/h8H,2-7H2,1H3. The van der Waals surface area contributed by atoms with Crippen LogP contribution >= 0.6 is 10.8 Å². The van der Waals surface area contributed by atoms with Crippen molar-refractivity contribution in [2.45, 2.75) is 32.1 Å². The van der Waals surface area contributed by atoms with Gasteiger partial charge in [0.2, 0.25) is 8.87 Å². The van der Waals surface area contributed by atoms with E-state index in [1.165, 1.54) is 19.3 Å². The van der Waals surface area contributed by atoms with Gasteiger partial charge in [-0.05, 0) is 35.8 Å². The third kappa shape index (κ3) is 3.35. The first-order valence-electron chi connectivity index (χ1n) is 4.42. The minimum atomic E-state index is -2.80. The molecule has 12 heavy (non-hydrogen) atoms. The molecule has 0 unspecified atom stereocenters. The van der Waals surface area contributed by atoms with Crippen molar-refractivity contribution in [3.63, 3.8) is 0 Å². The largest absolute Gasteiger partial charge is 0.217 e. The summed E-state index contributed by atoms with van der Waals surface area (Å²) in [4.78, 5) is 0. The van der Waals surface area contributed by atoms with Gasteiger partial charge in [-0.25, -0.2) is 8.42 Å². The average Bonchev–Trinajstić information content (AvgIpc) is 2.06. The van der Waals surface area contributed by atoms with Gasteiger partial charge in [-0.3, -0.25) is 0 Å². The van der Waals surface area contributed by atoms with E-state index in [-0.39, 0.29) is 0 Å². The quantitative estimate of drug-likeness (QED) is 0.667. The molecule has 0 aliphatic heterocycles. The van der Waals surface area contributed by atoms with E-state index in [0.717, 1.165) is 23.6 Å². The van der Waals surface area contributed by atoms with E-state index >= 15 is 0 Å². The Kier molecular flexibility index (Phi) is 3.90. The summed E-state index contributed by atoms with van der Waals surface area (Å²) < 4.78 is 22.5. The Hall–Kier alpha value is 0.300. The summed E-state index contributed by atoms with van der Waals surface area (Å²) in [5, 5.41) is 0. The highest BCUT2D eigenvalue weighted by atomic mass is 33.1. The number of hydrogen-bond acceptors (Lipinski definition) is 3. The van der Waals surface area contributed by atoms with Crippen LogP contribution in [0.1, 0.15) is 32.1 Å². The van der Waals surface area contributed by atoms with Crippen molar-refractivity contribution in [3.8, 4) is 0 Å². The van der Waals surface area contributed by atoms with Crippen LogP contribution in [0.3, 0.4) is 0 Å². The Morgan fingerprint density at radius 2 is 1.83 bits per heavy atom. The van der Waals surface area contributed by atoms with E-state index in [2.05, 4.69) is 0 Å². The van der Waals surface area contributed by atoms with Crippen molar-refractivity contribution >= 4 is 19.7 Å². The van der Waals surface area contributed by atoms with Gasteiger partial charge in [-0.15, -0.1) is 0 Å². The predicted octanol–water partition coefficient (Wildman–Crippen LogP) is 2.26. The molecule has 0 bridgehead atoms.